The Morgan fingerprint density at radius 3 is 2.08 bits per heavy atom. The molecule has 1 heterocycles. The fourth-order valence-electron chi connectivity index (χ4n) is 6.49. The van der Waals surface area contributed by atoms with Crippen LogP contribution in [0, 0.1) is 0 Å². The molecule has 6 aromatic rings. The highest BCUT2D eigenvalue weighted by Gasteiger charge is 2.35. The lowest BCUT2D eigenvalue weighted by molar-refractivity contribution is 0.636. The standard InChI is InChI=1S/C35H29N/c1-35(2)31-19-11-9-17-27(31)29(24-13-5-3-6-14-24)21-25-22-30-28-18-10-12-20-33(28)36(34(30)23-32(25)35)26-15-7-4-8-16-26/h3-20,22-23,29H,21H2,1-2H3. The Morgan fingerprint density at radius 2 is 1.28 bits per heavy atom. The summed E-state index contributed by atoms with van der Waals surface area (Å²) in [5.74, 6) is 0.336. The van der Waals surface area contributed by atoms with Crippen LogP contribution in [0.25, 0.3) is 27.5 Å². The Balaban J connectivity index is 1.57. The maximum atomic E-state index is 2.50. The first-order chi connectivity index (χ1) is 17.6. The van der Waals surface area contributed by atoms with E-state index in [1.165, 1.54) is 55.3 Å². The van der Waals surface area contributed by atoms with Gasteiger partial charge < -0.3 is 4.57 Å². The first kappa shape index (κ1) is 21.2. The molecule has 7 rings (SSSR count). The van der Waals surface area contributed by atoms with Crippen molar-refractivity contribution in [2.45, 2.75) is 31.6 Å². The fraction of sp³-hybridized carbons (Fsp3) is 0.143. The van der Waals surface area contributed by atoms with E-state index in [0.29, 0.717) is 5.92 Å². The third-order valence-corrected chi connectivity index (χ3v) is 8.22. The molecule has 0 saturated heterocycles. The van der Waals surface area contributed by atoms with Crippen LogP contribution in [0.15, 0.2) is 121 Å². The second kappa shape index (κ2) is 7.96. The number of para-hydroxylation sites is 2. The van der Waals surface area contributed by atoms with Crippen LogP contribution in [0.4, 0.5) is 0 Å². The van der Waals surface area contributed by atoms with E-state index >= 15 is 0 Å². The molecule has 1 aliphatic rings. The molecule has 174 valence electrons. The molecule has 5 aromatic carbocycles. The average Bonchev–Trinajstić information content (AvgIpc) is 3.21. The smallest absolute Gasteiger partial charge is 0.0544 e. The SMILES string of the molecule is CC1(C)c2cc3c(cc2CC(c2ccccc2)c2ccccc21)c1ccccc1n3-c1ccccc1. The van der Waals surface area contributed by atoms with E-state index in [4.69, 9.17) is 0 Å². The number of rotatable bonds is 2. The molecule has 1 aliphatic carbocycles. The molecule has 0 aliphatic heterocycles. The van der Waals surface area contributed by atoms with E-state index in [-0.39, 0.29) is 5.41 Å². The highest BCUT2D eigenvalue weighted by atomic mass is 15.0. The van der Waals surface area contributed by atoms with Crippen molar-refractivity contribution >= 4 is 21.8 Å². The van der Waals surface area contributed by atoms with Crippen LogP contribution in [-0.4, -0.2) is 4.57 Å². The number of hydrogen-bond donors (Lipinski definition) is 0. The second-order valence-electron chi connectivity index (χ2n) is 10.6. The van der Waals surface area contributed by atoms with Gasteiger partial charge in [0.15, 0.2) is 0 Å². The summed E-state index contributed by atoms with van der Waals surface area (Å²) >= 11 is 0. The Labute approximate surface area is 212 Å². The fourth-order valence-corrected chi connectivity index (χ4v) is 6.49. The van der Waals surface area contributed by atoms with Crippen molar-refractivity contribution in [2.75, 3.05) is 0 Å². The Morgan fingerprint density at radius 1 is 0.611 bits per heavy atom. The van der Waals surface area contributed by atoms with E-state index in [9.17, 15) is 0 Å². The normalized spacial score (nSPS) is 16.4. The third-order valence-electron chi connectivity index (χ3n) is 8.22. The maximum absolute atomic E-state index is 2.50. The highest BCUT2D eigenvalue weighted by Crippen LogP contribution is 2.47. The molecule has 1 aromatic heterocycles. The quantitative estimate of drug-likeness (QED) is 0.242. The van der Waals surface area contributed by atoms with Gasteiger partial charge in [-0.25, -0.2) is 0 Å². The van der Waals surface area contributed by atoms with E-state index in [1.807, 2.05) is 0 Å². The zero-order valence-corrected chi connectivity index (χ0v) is 20.8. The Bertz CT molecular complexity index is 1720. The number of hydrogen-bond acceptors (Lipinski definition) is 0. The predicted octanol–water partition coefficient (Wildman–Crippen LogP) is 8.80. The van der Waals surface area contributed by atoms with Crippen LogP contribution in [-0.2, 0) is 11.8 Å². The van der Waals surface area contributed by atoms with E-state index in [2.05, 4.69) is 140 Å². The molecule has 1 nitrogen and oxygen atoms in total. The molecule has 0 saturated carbocycles. The van der Waals surface area contributed by atoms with Gasteiger partial charge in [0, 0.05) is 27.8 Å². The van der Waals surface area contributed by atoms with Gasteiger partial charge in [0.25, 0.3) is 0 Å². The maximum Gasteiger partial charge on any atom is 0.0544 e. The molecule has 36 heavy (non-hydrogen) atoms. The molecular weight excluding hydrogens is 434 g/mol. The van der Waals surface area contributed by atoms with Gasteiger partial charge in [0.2, 0.25) is 0 Å². The third kappa shape index (κ3) is 3.09. The minimum absolute atomic E-state index is 0.110. The van der Waals surface area contributed by atoms with Gasteiger partial charge in [-0.2, -0.15) is 0 Å². The molecule has 0 amide bonds. The number of benzene rings is 5. The lowest BCUT2D eigenvalue weighted by Gasteiger charge is -2.29. The van der Waals surface area contributed by atoms with Gasteiger partial charge >= 0.3 is 0 Å². The summed E-state index contributed by atoms with van der Waals surface area (Å²) in [7, 11) is 0. The molecule has 1 unspecified atom stereocenters. The van der Waals surface area contributed by atoms with Gasteiger partial charge in [-0.3, -0.25) is 0 Å². The summed E-state index contributed by atoms with van der Waals surface area (Å²) in [6, 6.07) is 44.7. The van der Waals surface area contributed by atoms with Crippen molar-refractivity contribution in [3.8, 4) is 5.69 Å². The van der Waals surface area contributed by atoms with Crippen LogP contribution in [0.3, 0.4) is 0 Å². The Hall–Kier alpha value is -4.10. The molecular formula is C35H29N. The van der Waals surface area contributed by atoms with Gasteiger partial charge in [-0.05, 0) is 64.6 Å². The minimum atomic E-state index is -0.110. The van der Waals surface area contributed by atoms with E-state index < -0.39 is 0 Å². The van der Waals surface area contributed by atoms with Crippen LogP contribution in [0.5, 0.6) is 0 Å². The second-order valence-corrected chi connectivity index (χ2v) is 10.6. The summed E-state index contributed by atoms with van der Waals surface area (Å²) in [6.45, 7) is 4.80. The lowest BCUT2D eigenvalue weighted by atomic mass is 9.75. The predicted molar refractivity (Wildman–Crippen MR) is 151 cm³/mol. The molecule has 1 heteroatoms. The summed E-state index contributed by atoms with van der Waals surface area (Å²) in [6.07, 6.45) is 1.00. The summed E-state index contributed by atoms with van der Waals surface area (Å²) < 4.78 is 2.44. The molecule has 0 bridgehead atoms. The first-order valence-corrected chi connectivity index (χ1v) is 12.9. The van der Waals surface area contributed by atoms with E-state index in [1.54, 1.807) is 0 Å². The summed E-state index contributed by atoms with van der Waals surface area (Å²) in [4.78, 5) is 0. The van der Waals surface area contributed by atoms with Gasteiger partial charge in [0.05, 0.1) is 11.0 Å². The molecule has 0 N–H and O–H groups in total. The van der Waals surface area contributed by atoms with Crippen molar-refractivity contribution in [2.24, 2.45) is 0 Å². The number of nitrogens with zero attached hydrogens (tertiary/aromatic N) is 1. The zero-order chi connectivity index (χ0) is 24.3. The van der Waals surface area contributed by atoms with Crippen molar-refractivity contribution in [3.63, 3.8) is 0 Å². The largest absolute Gasteiger partial charge is 0.309 e. The average molecular weight is 464 g/mol. The van der Waals surface area contributed by atoms with Crippen molar-refractivity contribution in [1.29, 1.82) is 0 Å². The minimum Gasteiger partial charge on any atom is -0.309 e. The number of fused-ring (bicyclic) bond motifs is 5. The topological polar surface area (TPSA) is 4.93 Å². The van der Waals surface area contributed by atoms with Crippen LogP contribution in [0.2, 0.25) is 0 Å². The molecule has 0 radical (unpaired) electrons. The van der Waals surface area contributed by atoms with Crippen molar-refractivity contribution in [3.05, 3.63) is 149 Å². The van der Waals surface area contributed by atoms with Crippen LogP contribution < -0.4 is 0 Å². The van der Waals surface area contributed by atoms with E-state index in [0.717, 1.165) is 6.42 Å². The Kier molecular flexibility index (Phi) is 4.69. The van der Waals surface area contributed by atoms with Crippen LogP contribution in [0.1, 0.15) is 47.6 Å². The van der Waals surface area contributed by atoms with Crippen LogP contribution >= 0.6 is 0 Å². The zero-order valence-electron chi connectivity index (χ0n) is 20.8. The molecule has 0 fully saturated rings. The number of aromatic nitrogens is 1. The highest BCUT2D eigenvalue weighted by molar-refractivity contribution is 6.09. The summed E-state index contributed by atoms with van der Waals surface area (Å²) in [5, 5.41) is 2.65. The van der Waals surface area contributed by atoms with Crippen molar-refractivity contribution < 1.29 is 0 Å². The van der Waals surface area contributed by atoms with Crippen molar-refractivity contribution in [1.82, 2.24) is 4.57 Å². The monoisotopic (exact) mass is 463 g/mol. The van der Waals surface area contributed by atoms with Gasteiger partial charge in [-0.1, -0.05) is 105 Å². The van der Waals surface area contributed by atoms with Gasteiger partial charge in [0.1, 0.15) is 0 Å². The van der Waals surface area contributed by atoms with Gasteiger partial charge in [-0.15, -0.1) is 0 Å². The summed E-state index contributed by atoms with van der Waals surface area (Å²) in [5.41, 5.74) is 10.8. The first-order valence-electron chi connectivity index (χ1n) is 12.9. The molecule has 1 atom stereocenters. The molecule has 0 spiro atoms. The lowest BCUT2D eigenvalue weighted by Crippen LogP contribution is -2.21.